The van der Waals surface area contributed by atoms with E-state index < -0.39 is 0 Å². The third-order valence-corrected chi connectivity index (χ3v) is 3.15. The standard InChI is InChI=1S/C12H18N6O/c1-2-13-12-15-10-9(8-14-17-10)11(16-12)18-4-3-6-19-7-5-18/h8H,2-7H2,1H3,(H2,13,14,15,16,17). The van der Waals surface area contributed by atoms with Gasteiger partial charge >= 0.3 is 0 Å². The van der Waals surface area contributed by atoms with Crippen molar-refractivity contribution < 1.29 is 4.74 Å². The predicted octanol–water partition coefficient (Wildman–Crippen LogP) is 1.01. The summed E-state index contributed by atoms with van der Waals surface area (Å²) in [5.74, 6) is 1.57. The van der Waals surface area contributed by atoms with Gasteiger partial charge in [-0.05, 0) is 13.3 Å². The van der Waals surface area contributed by atoms with Gasteiger partial charge in [0.25, 0.3) is 0 Å². The molecule has 0 radical (unpaired) electrons. The lowest BCUT2D eigenvalue weighted by molar-refractivity contribution is 0.152. The molecule has 7 heteroatoms. The fourth-order valence-corrected chi connectivity index (χ4v) is 2.26. The van der Waals surface area contributed by atoms with Crippen LogP contribution in [0.2, 0.25) is 0 Å². The molecule has 0 amide bonds. The van der Waals surface area contributed by atoms with Gasteiger partial charge in [0, 0.05) is 26.2 Å². The summed E-state index contributed by atoms with van der Waals surface area (Å²) in [4.78, 5) is 11.3. The summed E-state index contributed by atoms with van der Waals surface area (Å²) in [6, 6.07) is 0. The van der Waals surface area contributed by atoms with Gasteiger partial charge in [-0.15, -0.1) is 0 Å². The first-order chi connectivity index (χ1) is 9.38. The van der Waals surface area contributed by atoms with Gasteiger partial charge < -0.3 is 15.0 Å². The third-order valence-electron chi connectivity index (χ3n) is 3.15. The Labute approximate surface area is 111 Å². The maximum atomic E-state index is 5.49. The molecular weight excluding hydrogens is 244 g/mol. The Bertz CT molecular complexity index is 546. The third kappa shape index (κ3) is 2.46. The second-order valence-corrected chi connectivity index (χ2v) is 4.49. The van der Waals surface area contributed by atoms with Crippen LogP contribution in [0.5, 0.6) is 0 Å². The smallest absolute Gasteiger partial charge is 0.226 e. The lowest BCUT2D eigenvalue weighted by Gasteiger charge is -2.21. The number of ether oxygens (including phenoxy) is 1. The van der Waals surface area contributed by atoms with E-state index >= 15 is 0 Å². The summed E-state index contributed by atoms with van der Waals surface area (Å²) >= 11 is 0. The van der Waals surface area contributed by atoms with E-state index in [4.69, 9.17) is 4.74 Å². The van der Waals surface area contributed by atoms with Gasteiger partial charge in [0.2, 0.25) is 5.95 Å². The van der Waals surface area contributed by atoms with E-state index in [-0.39, 0.29) is 0 Å². The lowest BCUT2D eigenvalue weighted by Crippen LogP contribution is -2.27. The zero-order valence-electron chi connectivity index (χ0n) is 11.0. The van der Waals surface area contributed by atoms with Crippen LogP contribution in [0.1, 0.15) is 13.3 Å². The maximum absolute atomic E-state index is 5.49. The van der Waals surface area contributed by atoms with Gasteiger partial charge in [0.05, 0.1) is 18.2 Å². The van der Waals surface area contributed by atoms with Crippen molar-refractivity contribution in [3.8, 4) is 0 Å². The number of anilines is 2. The molecule has 1 fully saturated rings. The second kappa shape index (κ2) is 5.40. The van der Waals surface area contributed by atoms with Crippen LogP contribution in [0.3, 0.4) is 0 Å². The summed E-state index contributed by atoms with van der Waals surface area (Å²) in [5.41, 5.74) is 0.770. The Morgan fingerprint density at radius 1 is 1.37 bits per heavy atom. The Balaban J connectivity index is 2.01. The van der Waals surface area contributed by atoms with Crippen molar-refractivity contribution in [1.82, 2.24) is 20.2 Å². The topological polar surface area (TPSA) is 79.0 Å². The molecule has 1 aliphatic rings. The quantitative estimate of drug-likeness (QED) is 0.859. The monoisotopic (exact) mass is 262 g/mol. The zero-order valence-corrected chi connectivity index (χ0v) is 11.0. The number of nitrogens with one attached hydrogen (secondary N) is 2. The van der Waals surface area contributed by atoms with E-state index in [1.807, 2.05) is 6.92 Å². The normalized spacial score (nSPS) is 16.6. The molecule has 0 aliphatic carbocycles. The molecule has 1 aliphatic heterocycles. The summed E-state index contributed by atoms with van der Waals surface area (Å²) in [7, 11) is 0. The fraction of sp³-hybridized carbons (Fsp3) is 0.583. The largest absolute Gasteiger partial charge is 0.380 e. The number of aromatic nitrogens is 4. The van der Waals surface area contributed by atoms with Crippen LogP contribution in [0.15, 0.2) is 6.20 Å². The van der Waals surface area contributed by atoms with E-state index in [0.29, 0.717) is 5.95 Å². The molecule has 3 rings (SSSR count). The van der Waals surface area contributed by atoms with Crippen molar-refractivity contribution in [3.63, 3.8) is 0 Å². The number of H-pyrrole nitrogens is 1. The summed E-state index contributed by atoms with van der Waals surface area (Å²) in [5, 5.41) is 11.1. The first kappa shape index (κ1) is 12.2. The van der Waals surface area contributed by atoms with Crippen LogP contribution < -0.4 is 10.2 Å². The molecule has 0 unspecified atom stereocenters. The Kier molecular flexibility index (Phi) is 3.45. The zero-order chi connectivity index (χ0) is 13.1. The highest BCUT2D eigenvalue weighted by molar-refractivity contribution is 5.87. The first-order valence-corrected chi connectivity index (χ1v) is 6.66. The van der Waals surface area contributed by atoms with Gasteiger partial charge in [-0.1, -0.05) is 0 Å². The van der Waals surface area contributed by atoms with Crippen LogP contribution in [0.4, 0.5) is 11.8 Å². The summed E-state index contributed by atoms with van der Waals surface area (Å²) in [6.45, 7) is 6.17. The summed E-state index contributed by atoms with van der Waals surface area (Å²) < 4.78 is 5.49. The highest BCUT2D eigenvalue weighted by atomic mass is 16.5. The molecular formula is C12H18N6O. The number of hydrogen-bond acceptors (Lipinski definition) is 6. The molecule has 0 atom stereocenters. The van der Waals surface area contributed by atoms with Crippen molar-refractivity contribution in [2.75, 3.05) is 43.1 Å². The number of nitrogens with zero attached hydrogens (tertiary/aromatic N) is 4. The summed E-state index contributed by atoms with van der Waals surface area (Å²) in [6.07, 6.45) is 2.80. The van der Waals surface area contributed by atoms with Gasteiger partial charge in [0.1, 0.15) is 5.82 Å². The van der Waals surface area contributed by atoms with E-state index in [9.17, 15) is 0 Å². The van der Waals surface area contributed by atoms with Gasteiger partial charge in [-0.25, -0.2) is 0 Å². The highest BCUT2D eigenvalue weighted by Crippen LogP contribution is 2.24. The van der Waals surface area contributed by atoms with E-state index in [1.165, 1.54) is 0 Å². The molecule has 2 N–H and O–H groups in total. The minimum atomic E-state index is 0.638. The van der Waals surface area contributed by atoms with E-state index in [2.05, 4.69) is 30.4 Å². The Hall–Kier alpha value is -1.89. The Morgan fingerprint density at radius 2 is 2.32 bits per heavy atom. The SMILES string of the molecule is CCNc1nc(N2CCCOCC2)c2cn[nH]c2n1. The molecule has 0 aromatic carbocycles. The highest BCUT2D eigenvalue weighted by Gasteiger charge is 2.17. The van der Waals surface area contributed by atoms with Crippen molar-refractivity contribution in [3.05, 3.63) is 6.20 Å². The van der Waals surface area contributed by atoms with Crippen LogP contribution in [-0.4, -0.2) is 53.0 Å². The number of aromatic amines is 1. The van der Waals surface area contributed by atoms with Crippen LogP contribution in [-0.2, 0) is 4.74 Å². The molecule has 0 saturated carbocycles. The Morgan fingerprint density at radius 3 is 3.21 bits per heavy atom. The predicted molar refractivity (Wildman–Crippen MR) is 73.5 cm³/mol. The maximum Gasteiger partial charge on any atom is 0.226 e. The van der Waals surface area contributed by atoms with Crippen LogP contribution in [0.25, 0.3) is 11.0 Å². The molecule has 19 heavy (non-hydrogen) atoms. The molecule has 2 aromatic rings. The first-order valence-electron chi connectivity index (χ1n) is 6.66. The van der Waals surface area contributed by atoms with Crippen molar-refractivity contribution >= 4 is 22.8 Å². The van der Waals surface area contributed by atoms with Gasteiger partial charge in [-0.3, -0.25) is 5.10 Å². The lowest BCUT2D eigenvalue weighted by atomic mass is 10.3. The number of hydrogen-bond donors (Lipinski definition) is 2. The minimum absolute atomic E-state index is 0.638. The fourth-order valence-electron chi connectivity index (χ4n) is 2.26. The van der Waals surface area contributed by atoms with Gasteiger partial charge in [-0.2, -0.15) is 15.1 Å². The molecule has 1 saturated heterocycles. The van der Waals surface area contributed by atoms with E-state index in [0.717, 1.165) is 56.1 Å². The van der Waals surface area contributed by atoms with Crippen molar-refractivity contribution in [2.45, 2.75) is 13.3 Å². The average Bonchev–Trinajstić information content (AvgIpc) is 2.72. The molecule has 0 bridgehead atoms. The molecule has 2 aromatic heterocycles. The van der Waals surface area contributed by atoms with E-state index in [1.54, 1.807) is 6.20 Å². The van der Waals surface area contributed by atoms with Gasteiger partial charge in [0.15, 0.2) is 5.65 Å². The number of rotatable bonds is 3. The molecule has 102 valence electrons. The minimum Gasteiger partial charge on any atom is -0.380 e. The average molecular weight is 262 g/mol. The van der Waals surface area contributed by atoms with Crippen molar-refractivity contribution in [1.29, 1.82) is 0 Å². The van der Waals surface area contributed by atoms with Crippen LogP contribution >= 0.6 is 0 Å². The molecule has 7 nitrogen and oxygen atoms in total. The number of fused-ring (bicyclic) bond motifs is 1. The molecule has 0 spiro atoms. The molecule has 3 heterocycles. The van der Waals surface area contributed by atoms with Crippen LogP contribution in [0, 0.1) is 0 Å². The second-order valence-electron chi connectivity index (χ2n) is 4.49. The van der Waals surface area contributed by atoms with Crippen molar-refractivity contribution in [2.24, 2.45) is 0 Å².